The van der Waals surface area contributed by atoms with Crippen molar-refractivity contribution in [3.8, 4) is 0 Å². The van der Waals surface area contributed by atoms with E-state index in [-0.39, 0.29) is 23.9 Å². The average molecular weight is 335 g/mol. The third kappa shape index (κ3) is 4.45. The summed E-state index contributed by atoms with van der Waals surface area (Å²) in [6, 6.07) is 13.0. The van der Waals surface area contributed by atoms with Crippen LogP contribution in [0, 0.1) is 5.82 Å². The lowest BCUT2D eigenvalue weighted by Gasteiger charge is -2.27. The molecule has 3 nitrogen and oxygen atoms in total. The summed E-state index contributed by atoms with van der Waals surface area (Å²) in [4.78, 5) is 14.0. The van der Waals surface area contributed by atoms with Crippen molar-refractivity contribution in [1.29, 1.82) is 0 Å². The number of carbonyl (C=O) groups is 1. The van der Waals surface area contributed by atoms with Crippen LogP contribution >= 0.6 is 11.6 Å². The Morgan fingerprint density at radius 2 is 1.78 bits per heavy atom. The van der Waals surface area contributed by atoms with Gasteiger partial charge >= 0.3 is 6.03 Å². The van der Waals surface area contributed by atoms with Gasteiger partial charge in [-0.2, -0.15) is 0 Å². The van der Waals surface area contributed by atoms with Gasteiger partial charge < -0.3 is 10.2 Å². The molecule has 2 amide bonds. The molecule has 2 rings (SSSR count). The minimum absolute atomic E-state index is 0.105. The van der Waals surface area contributed by atoms with E-state index in [4.69, 9.17) is 11.6 Å². The highest BCUT2D eigenvalue weighted by Crippen LogP contribution is 2.21. The van der Waals surface area contributed by atoms with Crippen LogP contribution in [0.15, 0.2) is 48.5 Å². The smallest absolute Gasteiger partial charge is 0.318 e. The van der Waals surface area contributed by atoms with Crippen LogP contribution in [0.25, 0.3) is 0 Å². The van der Waals surface area contributed by atoms with E-state index in [0.717, 1.165) is 11.1 Å². The van der Waals surface area contributed by atoms with Gasteiger partial charge in [0.25, 0.3) is 0 Å². The van der Waals surface area contributed by atoms with Crippen molar-refractivity contribution in [3.05, 3.63) is 70.5 Å². The summed E-state index contributed by atoms with van der Waals surface area (Å²) >= 11 is 5.88. The number of nitrogens with zero attached hydrogens (tertiary/aromatic N) is 1. The van der Waals surface area contributed by atoms with Gasteiger partial charge in [-0.15, -0.1) is 0 Å². The van der Waals surface area contributed by atoms with Gasteiger partial charge in [-0.3, -0.25) is 0 Å². The molecule has 2 aromatic carbocycles. The predicted molar refractivity (Wildman–Crippen MR) is 91.0 cm³/mol. The molecule has 0 spiro atoms. The van der Waals surface area contributed by atoms with Crippen molar-refractivity contribution in [2.45, 2.75) is 25.9 Å². The van der Waals surface area contributed by atoms with Crippen LogP contribution < -0.4 is 5.32 Å². The van der Waals surface area contributed by atoms with Crippen LogP contribution in [0.5, 0.6) is 0 Å². The first kappa shape index (κ1) is 17.3. The Kier molecular flexibility index (Phi) is 5.61. The van der Waals surface area contributed by atoms with E-state index in [1.54, 1.807) is 36.2 Å². The first-order valence-electron chi connectivity index (χ1n) is 7.42. The number of rotatable bonds is 4. The summed E-state index contributed by atoms with van der Waals surface area (Å²) in [6.07, 6.45) is 0. The van der Waals surface area contributed by atoms with Gasteiger partial charge in [-0.25, -0.2) is 9.18 Å². The van der Waals surface area contributed by atoms with Crippen LogP contribution in [0.4, 0.5) is 9.18 Å². The first-order valence-corrected chi connectivity index (χ1v) is 7.80. The van der Waals surface area contributed by atoms with E-state index < -0.39 is 0 Å². The van der Waals surface area contributed by atoms with Crippen molar-refractivity contribution < 1.29 is 9.18 Å². The van der Waals surface area contributed by atoms with Crippen LogP contribution in [0.3, 0.4) is 0 Å². The van der Waals surface area contributed by atoms with Crippen molar-refractivity contribution in [2.24, 2.45) is 0 Å². The lowest BCUT2D eigenvalue weighted by molar-refractivity contribution is 0.191. The fraction of sp³-hybridized carbons (Fsp3) is 0.278. The van der Waals surface area contributed by atoms with E-state index in [9.17, 15) is 9.18 Å². The molecule has 0 radical (unpaired) electrons. The highest BCUT2D eigenvalue weighted by molar-refractivity contribution is 6.30. The summed E-state index contributed by atoms with van der Waals surface area (Å²) in [5, 5.41) is 3.54. The molecule has 2 atom stereocenters. The number of urea groups is 1. The lowest BCUT2D eigenvalue weighted by atomic mass is 10.1. The standard InChI is InChI=1S/C18H20ClFN2O/c1-12(15-5-4-6-17(20)11-15)21-18(23)22(3)13(2)14-7-9-16(19)10-8-14/h4-13H,1-3H3,(H,21,23)/t12-,13+/m0/s1. The maximum atomic E-state index is 13.3. The molecule has 0 saturated heterocycles. The summed E-state index contributed by atoms with van der Waals surface area (Å²) in [5.41, 5.74) is 1.72. The Hall–Kier alpha value is -2.07. The topological polar surface area (TPSA) is 32.3 Å². The average Bonchev–Trinajstić information content (AvgIpc) is 2.54. The Morgan fingerprint density at radius 1 is 1.13 bits per heavy atom. The number of hydrogen-bond donors (Lipinski definition) is 1. The molecular weight excluding hydrogens is 315 g/mol. The number of amides is 2. The molecule has 0 fully saturated rings. The molecule has 122 valence electrons. The molecule has 5 heteroatoms. The fourth-order valence-electron chi connectivity index (χ4n) is 2.29. The zero-order chi connectivity index (χ0) is 17.0. The summed E-state index contributed by atoms with van der Waals surface area (Å²) in [7, 11) is 1.73. The van der Waals surface area contributed by atoms with Gasteiger partial charge in [0.2, 0.25) is 0 Å². The summed E-state index contributed by atoms with van der Waals surface area (Å²) < 4.78 is 13.3. The SMILES string of the molecule is C[C@H](NC(=O)N(C)[C@H](C)c1ccc(Cl)cc1)c1cccc(F)c1. The Labute approximate surface area is 141 Å². The number of carbonyl (C=O) groups excluding carboxylic acids is 1. The monoisotopic (exact) mass is 334 g/mol. The van der Waals surface area contributed by atoms with Crippen molar-refractivity contribution in [3.63, 3.8) is 0 Å². The maximum Gasteiger partial charge on any atom is 0.318 e. The number of hydrogen-bond acceptors (Lipinski definition) is 1. The molecule has 0 bridgehead atoms. The van der Waals surface area contributed by atoms with Crippen LogP contribution in [-0.2, 0) is 0 Å². The minimum atomic E-state index is -0.313. The highest BCUT2D eigenvalue weighted by atomic mass is 35.5. The molecule has 1 N–H and O–H groups in total. The molecule has 0 aliphatic rings. The highest BCUT2D eigenvalue weighted by Gasteiger charge is 2.19. The van der Waals surface area contributed by atoms with Crippen molar-refractivity contribution in [2.75, 3.05) is 7.05 Å². The Balaban J connectivity index is 2.03. The fourth-order valence-corrected chi connectivity index (χ4v) is 2.41. The van der Waals surface area contributed by atoms with E-state index in [1.165, 1.54) is 12.1 Å². The quantitative estimate of drug-likeness (QED) is 0.843. The van der Waals surface area contributed by atoms with Crippen LogP contribution in [-0.4, -0.2) is 18.0 Å². The van der Waals surface area contributed by atoms with E-state index in [2.05, 4.69) is 5.32 Å². The zero-order valence-electron chi connectivity index (χ0n) is 13.4. The van der Waals surface area contributed by atoms with Crippen LogP contribution in [0.2, 0.25) is 5.02 Å². The van der Waals surface area contributed by atoms with Crippen LogP contribution in [0.1, 0.15) is 37.1 Å². The Bertz CT molecular complexity index is 675. The molecule has 0 saturated carbocycles. The minimum Gasteiger partial charge on any atom is -0.331 e. The van der Waals surface area contributed by atoms with Gasteiger partial charge in [-0.05, 0) is 49.2 Å². The number of benzene rings is 2. The molecule has 0 unspecified atom stereocenters. The maximum absolute atomic E-state index is 13.3. The summed E-state index contributed by atoms with van der Waals surface area (Å²) in [5.74, 6) is -0.313. The lowest BCUT2D eigenvalue weighted by Crippen LogP contribution is -2.39. The second-order valence-electron chi connectivity index (χ2n) is 5.56. The second-order valence-corrected chi connectivity index (χ2v) is 6.00. The van der Waals surface area contributed by atoms with E-state index >= 15 is 0 Å². The predicted octanol–water partition coefficient (Wildman–Crippen LogP) is 4.94. The molecular formula is C18H20ClFN2O. The zero-order valence-corrected chi connectivity index (χ0v) is 14.1. The van der Waals surface area contributed by atoms with Gasteiger partial charge in [0.05, 0.1) is 12.1 Å². The van der Waals surface area contributed by atoms with Gasteiger partial charge in [0.1, 0.15) is 5.82 Å². The third-order valence-electron chi connectivity index (χ3n) is 3.94. The molecule has 0 aromatic heterocycles. The molecule has 0 aliphatic heterocycles. The molecule has 0 aliphatic carbocycles. The van der Waals surface area contributed by atoms with E-state index in [0.29, 0.717) is 5.02 Å². The number of nitrogens with one attached hydrogen (secondary N) is 1. The Morgan fingerprint density at radius 3 is 2.39 bits per heavy atom. The normalized spacial score (nSPS) is 13.3. The second kappa shape index (κ2) is 7.47. The van der Waals surface area contributed by atoms with Crippen molar-refractivity contribution in [1.82, 2.24) is 10.2 Å². The largest absolute Gasteiger partial charge is 0.331 e. The third-order valence-corrected chi connectivity index (χ3v) is 4.19. The first-order chi connectivity index (χ1) is 10.9. The van der Waals surface area contributed by atoms with Crippen molar-refractivity contribution >= 4 is 17.6 Å². The van der Waals surface area contributed by atoms with Gasteiger partial charge in [0, 0.05) is 12.1 Å². The molecule has 2 aromatic rings. The number of halogens is 2. The van der Waals surface area contributed by atoms with Gasteiger partial charge in [0.15, 0.2) is 0 Å². The van der Waals surface area contributed by atoms with Gasteiger partial charge in [-0.1, -0.05) is 35.9 Å². The molecule has 23 heavy (non-hydrogen) atoms. The van der Waals surface area contributed by atoms with E-state index in [1.807, 2.05) is 26.0 Å². The molecule has 0 heterocycles. The summed E-state index contributed by atoms with van der Waals surface area (Å²) in [6.45, 7) is 3.77.